The van der Waals surface area contributed by atoms with Crippen LogP contribution in [0.5, 0.6) is 0 Å². The lowest BCUT2D eigenvalue weighted by Crippen LogP contribution is -2.24. The highest BCUT2D eigenvalue weighted by Crippen LogP contribution is 2.53. The van der Waals surface area contributed by atoms with E-state index in [4.69, 9.17) is 0 Å². The third-order valence-corrected chi connectivity index (χ3v) is 2.56. The van der Waals surface area contributed by atoms with Crippen LogP contribution in [0.2, 0.25) is 0 Å². The fourth-order valence-corrected chi connectivity index (χ4v) is 1.45. The second-order valence-electron chi connectivity index (χ2n) is 3.16. The zero-order valence-corrected chi connectivity index (χ0v) is 4.99. The summed E-state index contributed by atoms with van der Waals surface area (Å²) in [6.45, 7) is 0. The molecule has 0 unspecified atom stereocenters. The third-order valence-electron chi connectivity index (χ3n) is 2.56. The summed E-state index contributed by atoms with van der Waals surface area (Å²) < 4.78 is 12.9. The third kappa shape index (κ3) is 0.503. The van der Waals surface area contributed by atoms with Gasteiger partial charge in [0.2, 0.25) is 0 Å². The summed E-state index contributed by atoms with van der Waals surface area (Å²) in [5.41, 5.74) is -0.655. The fraction of sp³-hybridized carbons (Fsp3) is 1.00. The lowest BCUT2D eigenvalue weighted by atomic mass is 9.80. The molecule has 8 heavy (non-hydrogen) atoms. The number of hydrogen-bond donors (Lipinski definition) is 0. The lowest BCUT2D eigenvalue weighted by molar-refractivity contribution is 0.127. The van der Waals surface area contributed by atoms with Gasteiger partial charge >= 0.3 is 0 Å². The van der Waals surface area contributed by atoms with Crippen LogP contribution in [0.25, 0.3) is 0 Å². The van der Waals surface area contributed by atoms with Crippen LogP contribution in [0.3, 0.4) is 0 Å². The normalized spacial score (nSPS) is 34.1. The highest BCUT2D eigenvalue weighted by Gasteiger charge is 2.51. The van der Waals surface area contributed by atoms with Crippen LogP contribution in [-0.2, 0) is 0 Å². The van der Waals surface area contributed by atoms with Crippen LogP contribution < -0.4 is 0 Å². The summed E-state index contributed by atoms with van der Waals surface area (Å²) in [4.78, 5) is 0. The highest BCUT2D eigenvalue weighted by atomic mass is 19.1. The van der Waals surface area contributed by atoms with E-state index in [1.54, 1.807) is 0 Å². The van der Waals surface area contributed by atoms with Gasteiger partial charge in [0.1, 0.15) is 5.67 Å². The maximum absolute atomic E-state index is 12.9. The Balaban J connectivity index is 1.95. The van der Waals surface area contributed by atoms with E-state index in [0.717, 1.165) is 25.7 Å². The Labute approximate surface area is 49.1 Å². The van der Waals surface area contributed by atoms with Gasteiger partial charge in [-0.1, -0.05) is 6.42 Å². The van der Waals surface area contributed by atoms with Crippen LogP contribution in [0, 0.1) is 5.92 Å². The van der Waals surface area contributed by atoms with E-state index in [1.807, 2.05) is 0 Å². The molecule has 0 amide bonds. The molecule has 0 aromatic rings. The molecule has 1 heteroatoms. The van der Waals surface area contributed by atoms with Gasteiger partial charge in [0.15, 0.2) is 0 Å². The SMILES string of the molecule is FC1(C2CCC2)CC1. The Morgan fingerprint density at radius 2 is 1.88 bits per heavy atom. The van der Waals surface area contributed by atoms with Gasteiger partial charge in [0.05, 0.1) is 0 Å². The molecule has 2 saturated carbocycles. The zero-order chi connectivity index (χ0) is 5.61. The Bertz CT molecular complexity index is 101. The molecule has 0 N–H and O–H groups in total. The minimum Gasteiger partial charge on any atom is -0.244 e. The van der Waals surface area contributed by atoms with Crippen molar-refractivity contribution in [2.45, 2.75) is 37.8 Å². The minimum atomic E-state index is -0.655. The van der Waals surface area contributed by atoms with E-state index < -0.39 is 5.67 Å². The van der Waals surface area contributed by atoms with Crippen molar-refractivity contribution in [1.29, 1.82) is 0 Å². The van der Waals surface area contributed by atoms with E-state index in [1.165, 1.54) is 6.42 Å². The molecule has 0 radical (unpaired) electrons. The van der Waals surface area contributed by atoms with Crippen molar-refractivity contribution in [3.05, 3.63) is 0 Å². The predicted molar refractivity (Wildman–Crippen MR) is 30.4 cm³/mol. The van der Waals surface area contributed by atoms with Gasteiger partial charge in [-0.25, -0.2) is 4.39 Å². The van der Waals surface area contributed by atoms with Crippen molar-refractivity contribution in [2.75, 3.05) is 0 Å². The second kappa shape index (κ2) is 1.26. The first kappa shape index (κ1) is 4.78. The molecule has 0 spiro atoms. The van der Waals surface area contributed by atoms with Gasteiger partial charge in [0, 0.05) is 0 Å². The smallest absolute Gasteiger partial charge is 0.114 e. The maximum Gasteiger partial charge on any atom is 0.114 e. The standard InChI is InChI=1S/C7H11F/c8-7(4-5-7)6-2-1-3-6/h6H,1-5H2. The Kier molecular flexibility index (Phi) is 0.750. The summed E-state index contributed by atoms with van der Waals surface area (Å²) in [5.74, 6) is 0.475. The van der Waals surface area contributed by atoms with E-state index >= 15 is 0 Å². The molecular formula is C7H11F. The van der Waals surface area contributed by atoms with Crippen molar-refractivity contribution in [2.24, 2.45) is 5.92 Å². The zero-order valence-electron chi connectivity index (χ0n) is 4.99. The van der Waals surface area contributed by atoms with Gasteiger partial charge in [-0.05, 0) is 31.6 Å². The van der Waals surface area contributed by atoms with E-state index in [2.05, 4.69) is 0 Å². The Morgan fingerprint density at radius 1 is 1.25 bits per heavy atom. The van der Waals surface area contributed by atoms with Crippen LogP contribution in [-0.4, -0.2) is 5.67 Å². The molecular weight excluding hydrogens is 103 g/mol. The minimum absolute atomic E-state index is 0.475. The van der Waals surface area contributed by atoms with Crippen molar-refractivity contribution >= 4 is 0 Å². The summed E-state index contributed by atoms with van der Waals surface area (Å²) in [6, 6.07) is 0. The molecule has 0 saturated heterocycles. The molecule has 0 aromatic heterocycles. The topological polar surface area (TPSA) is 0 Å². The van der Waals surface area contributed by atoms with E-state index in [0.29, 0.717) is 5.92 Å². The molecule has 0 aliphatic heterocycles. The first-order valence-corrected chi connectivity index (χ1v) is 3.50. The van der Waals surface area contributed by atoms with Gasteiger partial charge in [0.25, 0.3) is 0 Å². The van der Waals surface area contributed by atoms with Crippen LogP contribution in [0.4, 0.5) is 4.39 Å². The lowest BCUT2D eigenvalue weighted by Gasteiger charge is -2.28. The van der Waals surface area contributed by atoms with Crippen LogP contribution in [0.1, 0.15) is 32.1 Å². The predicted octanol–water partition coefficient (Wildman–Crippen LogP) is 2.29. The number of hydrogen-bond acceptors (Lipinski definition) is 0. The van der Waals surface area contributed by atoms with Crippen molar-refractivity contribution in [3.63, 3.8) is 0 Å². The van der Waals surface area contributed by atoms with Gasteiger partial charge in [-0.3, -0.25) is 0 Å². The molecule has 0 atom stereocenters. The molecule has 2 rings (SSSR count). The monoisotopic (exact) mass is 114 g/mol. The summed E-state index contributed by atoms with van der Waals surface area (Å²) in [6.07, 6.45) is 5.32. The average Bonchev–Trinajstić information content (AvgIpc) is 2.12. The maximum atomic E-state index is 12.9. The summed E-state index contributed by atoms with van der Waals surface area (Å²) >= 11 is 0. The van der Waals surface area contributed by atoms with Crippen molar-refractivity contribution in [3.8, 4) is 0 Å². The molecule has 2 fully saturated rings. The van der Waals surface area contributed by atoms with Crippen molar-refractivity contribution < 1.29 is 4.39 Å². The van der Waals surface area contributed by atoms with Crippen LogP contribution in [0.15, 0.2) is 0 Å². The van der Waals surface area contributed by atoms with Gasteiger partial charge in [-0.2, -0.15) is 0 Å². The average molecular weight is 114 g/mol. The molecule has 2 aliphatic carbocycles. The molecule has 0 aromatic carbocycles. The van der Waals surface area contributed by atoms with Gasteiger partial charge in [-0.15, -0.1) is 0 Å². The molecule has 2 aliphatic rings. The molecule has 0 bridgehead atoms. The first-order valence-electron chi connectivity index (χ1n) is 3.50. The molecule has 46 valence electrons. The Hall–Kier alpha value is -0.0700. The number of alkyl halides is 1. The van der Waals surface area contributed by atoms with E-state index in [-0.39, 0.29) is 0 Å². The second-order valence-corrected chi connectivity index (χ2v) is 3.16. The van der Waals surface area contributed by atoms with E-state index in [9.17, 15) is 4.39 Å². The largest absolute Gasteiger partial charge is 0.244 e. The highest BCUT2D eigenvalue weighted by molar-refractivity contribution is 5.02. The van der Waals surface area contributed by atoms with Gasteiger partial charge < -0.3 is 0 Å². The Morgan fingerprint density at radius 3 is 2.00 bits per heavy atom. The quantitative estimate of drug-likeness (QED) is 0.490. The van der Waals surface area contributed by atoms with Crippen molar-refractivity contribution in [1.82, 2.24) is 0 Å². The number of rotatable bonds is 1. The molecule has 0 heterocycles. The summed E-state index contributed by atoms with van der Waals surface area (Å²) in [7, 11) is 0. The molecule has 0 nitrogen and oxygen atoms in total. The number of halogens is 1. The first-order chi connectivity index (χ1) is 3.81. The van der Waals surface area contributed by atoms with Crippen LogP contribution >= 0.6 is 0 Å². The fourth-order valence-electron chi connectivity index (χ4n) is 1.45. The summed E-state index contributed by atoms with van der Waals surface area (Å²) in [5, 5.41) is 0.